The molecule has 0 saturated heterocycles. The molecule has 0 heterocycles. The molecule has 2 nitrogen and oxygen atoms in total. The van der Waals surface area contributed by atoms with Gasteiger partial charge in [-0.05, 0) is 71.7 Å². The van der Waals surface area contributed by atoms with E-state index in [1.807, 2.05) is 12.1 Å². The van der Waals surface area contributed by atoms with Gasteiger partial charge in [0.1, 0.15) is 0 Å². The maximum absolute atomic E-state index is 13.5. The predicted molar refractivity (Wildman–Crippen MR) is 109 cm³/mol. The van der Waals surface area contributed by atoms with Gasteiger partial charge in [0.15, 0.2) is 5.78 Å². The molecular formula is C25H23NO. The lowest BCUT2D eigenvalue weighted by Gasteiger charge is -2.18. The van der Waals surface area contributed by atoms with E-state index in [9.17, 15) is 4.79 Å². The van der Waals surface area contributed by atoms with Gasteiger partial charge in [-0.2, -0.15) is 5.26 Å². The first-order valence-electron chi connectivity index (χ1n) is 9.77. The Balaban J connectivity index is 1.84. The van der Waals surface area contributed by atoms with E-state index in [1.54, 1.807) is 24.3 Å². The first-order chi connectivity index (χ1) is 13.2. The number of hydrogen-bond donors (Lipinski definition) is 0. The van der Waals surface area contributed by atoms with E-state index < -0.39 is 0 Å². The normalized spacial score (nSPS) is 19.1. The molecule has 27 heavy (non-hydrogen) atoms. The second-order valence-electron chi connectivity index (χ2n) is 7.55. The Kier molecular flexibility index (Phi) is 4.77. The van der Waals surface area contributed by atoms with E-state index in [0.717, 1.165) is 28.7 Å². The number of fused-ring (bicyclic) bond motifs is 1. The third kappa shape index (κ3) is 3.26. The standard InChI is InChI=1S/C25H23NO/c1-2-17-7-12-21(15-17)23-14-13-19-5-3-4-6-22(19)24(23)25(27)20-10-8-18(16-26)9-11-20/h3-6,8-11,13-14,17,21H,2,7,12,15H2,1H3. The van der Waals surface area contributed by atoms with Crippen LogP contribution in [-0.2, 0) is 0 Å². The molecule has 0 radical (unpaired) electrons. The highest BCUT2D eigenvalue weighted by atomic mass is 16.1. The van der Waals surface area contributed by atoms with Crippen molar-refractivity contribution in [2.45, 2.75) is 38.5 Å². The summed E-state index contributed by atoms with van der Waals surface area (Å²) < 4.78 is 0. The van der Waals surface area contributed by atoms with Crippen LogP contribution in [0.2, 0.25) is 0 Å². The Bertz CT molecular complexity index is 1030. The van der Waals surface area contributed by atoms with Crippen molar-refractivity contribution >= 4 is 16.6 Å². The van der Waals surface area contributed by atoms with Gasteiger partial charge >= 0.3 is 0 Å². The molecule has 0 N–H and O–H groups in total. The second kappa shape index (κ2) is 7.37. The summed E-state index contributed by atoms with van der Waals surface area (Å²) in [5.74, 6) is 1.28. The van der Waals surface area contributed by atoms with E-state index in [0.29, 0.717) is 17.0 Å². The number of hydrogen-bond acceptors (Lipinski definition) is 2. The van der Waals surface area contributed by atoms with E-state index in [1.165, 1.54) is 24.8 Å². The molecule has 1 fully saturated rings. The van der Waals surface area contributed by atoms with Crippen molar-refractivity contribution in [2.75, 3.05) is 0 Å². The zero-order valence-corrected chi connectivity index (χ0v) is 15.6. The van der Waals surface area contributed by atoms with Crippen molar-refractivity contribution in [2.24, 2.45) is 5.92 Å². The Hall–Kier alpha value is -2.92. The maximum Gasteiger partial charge on any atom is 0.193 e. The van der Waals surface area contributed by atoms with Crippen molar-refractivity contribution < 1.29 is 4.79 Å². The van der Waals surface area contributed by atoms with Gasteiger partial charge in [0.2, 0.25) is 0 Å². The number of benzene rings is 3. The van der Waals surface area contributed by atoms with Gasteiger partial charge in [-0.3, -0.25) is 4.79 Å². The number of carbonyl (C=O) groups is 1. The number of nitriles is 1. The van der Waals surface area contributed by atoms with Crippen LogP contribution in [-0.4, -0.2) is 5.78 Å². The van der Waals surface area contributed by atoms with E-state index >= 15 is 0 Å². The fourth-order valence-electron chi connectivity index (χ4n) is 4.45. The molecule has 1 aliphatic carbocycles. The fourth-order valence-corrected chi connectivity index (χ4v) is 4.45. The Morgan fingerprint density at radius 2 is 1.81 bits per heavy atom. The zero-order valence-electron chi connectivity index (χ0n) is 15.6. The molecule has 4 rings (SSSR count). The van der Waals surface area contributed by atoms with Gasteiger partial charge in [-0.25, -0.2) is 0 Å². The van der Waals surface area contributed by atoms with Crippen LogP contribution >= 0.6 is 0 Å². The lowest BCUT2D eigenvalue weighted by Crippen LogP contribution is -2.09. The summed E-state index contributed by atoms with van der Waals surface area (Å²) in [6, 6.07) is 21.6. The smallest absolute Gasteiger partial charge is 0.193 e. The lowest BCUT2D eigenvalue weighted by atomic mass is 9.85. The van der Waals surface area contributed by atoms with Crippen LogP contribution in [0.25, 0.3) is 10.8 Å². The van der Waals surface area contributed by atoms with Crippen molar-refractivity contribution in [1.29, 1.82) is 5.26 Å². The van der Waals surface area contributed by atoms with Crippen LogP contribution in [0.3, 0.4) is 0 Å². The predicted octanol–water partition coefficient (Wildman–Crippen LogP) is 6.24. The Morgan fingerprint density at radius 1 is 1.04 bits per heavy atom. The number of ketones is 1. The molecule has 0 amide bonds. The van der Waals surface area contributed by atoms with Crippen LogP contribution in [0, 0.1) is 17.2 Å². The van der Waals surface area contributed by atoms with E-state index in [4.69, 9.17) is 5.26 Å². The molecule has 0 aromatic heterocycles. The third-order valence-electron chi connectivity index (χ3n) is 6.02. The number of carbonyl (C=O) groups excluding carboxylic acids is 1. The lowest BCUT2D eigenvalue weighted by molar-refractivity contribution is 0.103. The Labute approximate surface area is 160 Å². The summed E-state index contributed by atoms with van der Waals surface area (Å²) in [7, 11) is 0. The summed E-state index contributed by atoms with van der Waals surface area (Å²) in [5.41, 5.74) is 3.27. The molecule has 134 valence electrons. The highest BCUT2D eigenvalue weighted by molar-refractivity contribution is 6.17. The van der Waals surface area contributed by atoms with Crippen LogP contribution < -0.4 is 0 Å². The van der Waals surface area contributed by atoms with Crippen molar-refractivity contribution in [3.63, 3.8) is 0 Å². The highest BCUT2D eigenvalue weighted by Gasteiger charge is 2.29. The molecule has 1 aliphatic rings. The molecule has 1 saturated carbocycles. The molecule has 0 bridgehead atoms. The first kappa shape index (κ1) is 17.5. The minimum Gasteiger partial charge on any atom is -0.289 e. The average Bonchev–Trinajstić information content (AvgIpc) is 3.21. The summed E-state index contributed by atoms with van der Waals surface area (Å²) in [5, 5.41) is 11.2. The molecule has 2 heteroatoms. The van der Waals surface area contributed by atoms with Crippen LogP contribution in [0.4, 0.5) is 0 Å². The Morgan fingerprint density at radius 3 is 2.52 bits per heavy atom. The average molecular weight is 353 g/mol. The summed E-state index contributed by atoms with van der Waals surface area (Å²) >= 11 is 0. The quantitative estimate of drug-likeness (QED) is 0.521. The van der Waals surface area contributed by atoms with Crippen LogP contribution in [0.15, 0.2) is 60.7 Å². The largest absolute Gasteiger partial charge is 0.289 e. The molecule has 2 unspecified atom stereocenters. The van der Waals surface area contributed by atoms with Crippen molar-refractivity contribution in [3.05, 3.63) is 82.9 Å². The van der Waals surface area contributed by atoms with Gasteiger partial charge in [-0.15, -0.1) is 0 Å². The molecule has 0 aliphatic heterocycles. The summed E-state index contributed by atoms with van der Waals surface area (Å²) in [4.78, 5) is 13.5. The number of nitrogens with zero attached hydrogens (tertiary/aromatic N) is 1. The third-order valence-corrected chi connectivity index (χ3v) is 6.02. The topological polar surface area (TPSA) is 40.9 Å². The van der Waals surface area contributed by atoms with Gasteiger partial charge in [0.25, 0.3) is 0 Å². The van der Waals surface area contributed by atoms with Crippen molar-refractivity contribution in [1.82, 2.24) is 0 Å². The minimum atomic E-state index is 0.0613. The van der Waals surface area contributed by atoms with E-state index in [2.05, 4.69) is 37.3 Å². The SMILES string of the molecule is CCC1CCC(c2ccc3ccccc3c2C(=O)c2ccc(C#N)cc2)C1. The highest BCUT2D eigenvalue weighted by Crippen LogP contribution is 2.42. The van der Waals surface area contributed by atoms with Gasteiger partial charge in [0.05, 0.1) is 11.6 Å². The number of rotatable bonds is 4. The molecular weight excluding hydrogens is 330 g/mol. The zero-order chi connectivity index (χ0) is 18.8. The van der Waals surface area contributed by atoms with Gasteiger partial charge in [0, 0.05) is 11.1 Å². The van der Waals surface area contributed by atoms with Crippen LogP contribution in [0.5, 0.6) is 0 Å². The van der Waals surface area contributed by atoms with Gasteiger partial charge < -0.3 is 0 Å². The van der Waals surface area contributed by atoms with Crippen molar-refractivity contribution in [3.8, 4) is 6.07 Å². The molecule has 0 spiro atoms. The molecule has 2 atom stereocenters. The molecule has 3 aromatic carbocycles. The maximum atomic E-state index is 13.5. The van der Waals surface area contributed by atoms with Crippen LogP contribution in [0.1, 0.15) is 65.6 Å². The second-order valence-corrected chi connectivity index (χ2v) is 7.55. The monoisotopic (exact) mass is 353 g/mol. The fraction of sp³-hybridized carbons (Fsp3) is 0.280. The first-order valence-corrected chi connectivity index (χ1v) is 9.77. The summed E-state index contributed by atoms with van der Waals surface area (Å²) in [6.45, 7) is 2.26. The molecule has 3 aromatic rings. The van der Waals surface area contributed by atoms with E-state index in [-0.39, 0.29) is 5.78 Å². The van der Waals surface area contributed by atoms with Gasteiger partial charge in [-0.1, -0.05) is 49.7 Å². The minimum absolute atomic E-state index is 0.0613. The summed E-state index contributed by atoms with van der Waals surface area (Å²) in [6.07, 6.45) is 4.79.